The van der Waals surface area contributed by atoms with Crippen molar-refractivity contribution in [1.82, 2.24) is 14.9 Å². The van der Waals surface area contributed by atoms with Gasteiger partial charge in [0.05, 0.1) is 11.5 Å². The SMILES string of the molecule is O=C(NCCO)C(=O)NCC[C@@H]1CCCCN1S(=O)(=O)c1ccc(Cl)cc1. The summed E-state index contributed by atoms with van der Waals surface area (Å²) in [6.45, 7) is 0.351. The molecule has 1 saturated heterocycles. The molecule has 8 nitrogen and oxygen atoms in total. The number of sulfonamides is 1. The monoisotopic (exact) mass is 417 g/mol. The molecule has 1 aromatic carbocycles. The van der Waals surface area contributed by atoms with Gasteiger partial charge in [-0.3, -0.25) is 9.59 Å². The van der Waals surface area contributed by atoms with Crippen molar-refractivity contribution in [1.29, 1.82) is 0 Å². The second-order valence-electron chi connectivity index (χ2n) is 6.24. The van der Waals surface area contributed by atoms with E-state index in [1.807, 2.05) is 0 Å². The number of nitrogens with zero attached hydrogens (tertiary/aromatic N) is 1. The molecule has 1 aliphatic rings. The molecule has 27 heavy (non-hydrogen) atoms. The molecule has 0 aromatic heterocycles. The molecule has 1 heterocycles. The van der Waals surface area contributed by atoms with Crippen LogP contribution < -0.4 is 10.6 Å². The van der Waals surface area contributed by atoms with E-state index in [1.165, 1.54) is 16.4 Å². The van der Waals surface area contributed by atoms with Crippen molar-refractivity contribution in [3.05, 3.63) is 29.3 Å². The van der Waals surface area contributed by atoms with Gasteiger partial charge in [-0.1, -0.05) is 18.0 Å². The number of hydrogen-bond donors (Lipinski definition) is 3. The molecule has 2 amide bonds. The summed E-state index contributed by atoms with van der Waals surface area (Å²) < 4.78 is 27.4. The third kappa shape index (κ3) is 5.90. The van der Waals surface area contributed by atoms with Gasteiger partial charge in [0.15, 0.2) is 0 Å². The molecular weight excluding hydrogens is 394 g/mol. The van der Waals surface area contributed by atoms with Gasteiger partial charge in [0.1, 0.15) is 0 Å². The third-order valence-corrected chi connectivity index (χ3v) is 6.58. The predicted molar refractivity (Wildman–Crippen MR) is 101 cm³/mol. The summed E-state index contributed by atoms with van der Waals surface area (Å²) in [5.41, 5.74) is 0. The first kappa shape index (κ1) is 21.6. The highest BCUT2D eigenvalue weighted by Gasteiger charge is 2.33. The molecule has 150 valence electrons. The van der Waals surface area contributed by atoms with Crippen LogP contribution in [-0.4, -0.2) is 61.9 Å². The van der Waals surface area contributed by atoms with Gasteiger partial charge < -0.3 is 15.7 Å². The van der Waals surface area contributed by atoms with Crippen LogP contribution in [0.15, 0.2) is 29.2 Å². The van der Waals surface area contributed by atoms with Gasteiger partial charge in [-0.15, -0.1) is 0 Å². The number of carbonyl (C=O) groups excluding carboxylic acids is 2. The Balaban J connectivity index is 1.97. The fourth-order valence-corrected chi connectivity index (χ4v) is 4.85. The summed E-state index contributed by atoms with van der Waals surface area (Å²) >= 11 is 5.84. The number of amides is 2. The zero-order chi connectivity index (χ0) is 19.9. The molecule has 1 atom stereocenters. The molecule has 10 heteroatoms. The minimum Gasteiger partial charge on any atom is -0.395 e. The van der Waals surface area contributed by atoms with Crippen LogP contribution in [0.1, 0.15) is 25.7 Å². The van der Waals surface area contributed by atoms with Crippen molar-refractivity contribution < 1.29 is 23.1 Å². The molecule has 0 unspecified atom stereocenters. The zero-order valence-electron chi connectivity index (χ0n) is 14.9. The molecule has 0 aliphatic carbocycles. The maximum absolute atomic E-state index is 12.9. The van der Waals surface area contributed by atoms with Gasteiger partial charge in [0.25, 0.3) is 0 Å². The Hall–Kier alpha value is -1.68. The highest BCUT2D eigenvalue weighted by Crippen LogP contribution is 2.27. The largest absolute Gasteiger partial charge is 0.395 e. The van der Waals surface area contributed by atoms with Crippen molar-refractivity contribution in [3.8, 4) is 0 Å². The second kappa shape index (κ2) is 10.0. The summed E-state index contributed by atoms with van der Waals surface area (Å²) in [5.74, 6) is -1.62. The number of carbonyl (C=O) groups is 2. The van der Waals surface area contributed by atoms with Gasteiger partial charge in [-0.25, -0.2) is 8.42 Å². The summed E-state index contributed by atoms with van der Waals surface area (Å²) in [6, 6.07) is 5.80. The minimum absolute atomic E-state index is 0.00198. The fourth-order valence-electron chi connectivity index (χ4n) is 3.00. The first-order valence-electron chi connectivity index (χ1n) is 8.80. The Morgan fingerprint density at radius 3 is 2.37 bits per heavy atom. The van der Waals surface area contributed by atoms with Crippen LogP contribution in [0.3, 0.4) is 0 Å². The van der Waals surface area contributed by atoms with Gasteiger partial charge in [0.2, 0.25) is 10.0 Å². The number of rotatable bonds is 7. The average Bonchev–Trinajstić information content (AvgIpc) is 2.66. The Bertz CT molecular complexity index is 754. The maximum Gasteiger partial charge on any atom is 0.309 e. The van der Waals surface area contributed by atoms with Crippen LogP contribution in [0.5, 0.6) is 0 Å². The van der Waals surface area contributed by atoms with E-state index in [4.69, 9.17) is 16.7 Å². The fraction of sp³-hybridized carbons (Fsp3) is 0.529. The number of hydrogen-bond acceptors (Lipinski definition) is 5. The molecular formula is C17H24ClN3O5S. The Morgan fingerprint density at radius 1 is 1.11 bits per heavy atom. The summed E-state index contributed by atoms with van der Waals surface area (Å²) in [5, 5.41) is 13.9. The average molecular weight is 418 g/mol. The van der Waals surface area contributed by atoms with Crippen molar-refractivity contribution >= 4 is 33.4 Å². The number of benzene rings is 1. The first-order valence-corrected chi connectivity index (χ1v) is 10.6. The zero-order valence-corrected chi connectivity index (χ0v) is 16.4. The van der Waals surface area contributed by atoms with Gasteiger partial charge in [-0.05, 0) is 43.5 Å². The summed E-state index contributed by atoms with van der Waals surface area (Å²) in [7, 11) is -3.65. The summed E-state index contributed by atoms with van der Waals surface area (Å²) in [6.07, 6.45) is 2.78. The Labute approximate surface area is 163 Å². The quantitative estimate of drug-likeness (QED) is 0.558. The van der Waals surface area contributed by atoms with Crippen molar-refractivity contribution in [3.63, 3.8) is 0 Å². The lowest BCUT2D eigenvalue weighted by molar-refractivity contribution is -0.139. The van der Waals surface area contributed by atoms with Crippen molar-refractivity contribution in [2.24, 2.45) is 0 Å². The van der Waals surface area contributed by atoms with Crippen LogP contribution in [0, 0.1) is 0 Å². The molecule has 3 N–H and O–H groups in total. The van der Waals surface area contributed by atoms with Gasteiger partial charge in [-0.2, -0.15) is 4.31 Å². The molecule has 1 aromatic rings. The van der Waals surface area contributed by atoms with E-state index >= 15 is 0 Å². The van der Waals surface area contributed by atoms with Crippen LogP contribution in [0.25, 0.3) is 0 Å². The molecule has 0 saturated carbocycles. The number of aliphatic hydroxyl groups excluding tert-OH is 1. The lowest BCUT2D eigenvalue weighted by atomic mass is 10.0. The van der Waals surface area contributed by atoms with E-state index in [0.29, 0.717) is 24.4 Å². The van der Waals surface area contributed by atoms with E-state index < -0.39 is 21.8 Å². The van der Waals surface area contributed by atoms with E-state index in [2.05, 4.69) is 10.6 Å². The number of halogens is 1. The van der Waals surface area contributed by atoms with Crippen LogP contribution >= 0.6 is 11.6 Å². The molecule has 1 aliphatic heterocycles. The van der Waals surface area contributed by atoms with Crippen LogP contribution in [-0.2, 0) is 19.6 Å². The van der Waals surface area contributed by atoms with E-state index in [-0.39, 0.29) is 30.6 Å². The lowest BCUT2D eigenvalue weighted by Crippen LogP contribution is -2.46. The molecule has 0 radical (unpaired) electrons. The number of aliphatic hydroxyl groups is 1. The molecule has 0 bridgehead atoms. The first-order chi connectivity index (χ1) is 12.9. The minimum atomic E-state index is -3.65. The smallest absolute Gasteiger partial charge is 0.309 e. The standard InChI is InChI=1S/C17H24ClN3O5S/c18-13-4-6-15(7-5-13)27(25,26)21-11-2-1-3-14(21)8-9-19-16(23)17(24)20-10-12-22/h4-7,14,22H,1-3,8-12H2,(H,19,23)(H,20,24)/t14-/m0/s1. The van der Waals surface area contributed by atoms with Crippen molar-refractivity contribution in [2.75, 3.05) is 26.2 Å². The highest BCUT2D eigenvalue weighted by molar-refractivity contribution is 7.89. The van der Waals surface area contributed by atoms with Crippen molar-refractivity contribution in [2.45, 2.75) is 36.6 Å². The van der Waals surface area contributed by atoms with E-state index in [9.17, 15) is 18.0 Å². The molecule has 0 spiro atoms. The maximum atomic E-state index is 12.9. The highest BCUT2D eigenvalue weighted by atomic mass is 35.5. The summed E-state index contributed by atoms with van der Waals surface area (Å²) in [4.78, 5) is 23.3. The normalized spacial score (nSPS) is 18.1. The predicted octanol–water partition coefficient (Wildman–Crippen LogP) is 0.498. The van der Waals surface area contributed by atoms with E-state index in [0.717, 1.165) is 12.8 Å². The van der Waals surface area contributed by atoms with E-state index in [1.54, 1.807) is 12.1 Å². The van der Waals surface area contributed by atoms with Crippen LogP contribution in [0.2, 0.25) is 5.02 Å². The van der Waals surface area contributed by atoms with Gasteiger partial charge >= 0.3 is 11.8 Å². The van der Waals surface area contributed by atoms with Gasteiger partial charge in [0, 0.05) is 30.7 Å². The topological polar surface area (TPSA) is 116 Å². The Morgan fingerprint density at radius 2 is 1.74 bits per heavy atom. The number of piperidine rings is 1. The number of nitrogens with one attached hydrogen (secondary N) is 2. The molecule has 1 fully saturated rings. The molecule has 2 rings (SSSR count). The second-order valence-corrected chi connectivity index (χ2v) is 8.57. The third-order valence-electron chi connectivity index (χ3n) is 4.36. The Kier molecular flexibility index (Phi) is 8.03. The lowest BCUT2D eigenvalue weighted by Gasteiger charge is -2.34. The van der Waals surface area contributed by atoms with Crippen LogP contribution in [0.4, 0.5) is 0 Å².